The number of aliphatic hydroxyl groups is 1. The minimum atomic E-state index is -0.813. The Labute approximate surface area is 370 Å². The summed E-state index contributed by atoms with van der Waals surface area (Å²) in [4.78, 5) is 64.5. The van der Waals surface area contributed by atoms with Crippen LogP contribution in [0.1, 0.15) is 79.7 Å². The molecule has 61 heavy (non-hydrogen) atoms. The van der Waals surface area contributed by atoms with Gasteiger partial charge in [0.1, 0.15) is 6.04 Å². The van der Waals surface area contributed by atoms with Crippen molar-refractivity contribution in [2.75, 3.05) is 68.3 Å². The molecule has 2 aliphatic rings. The number of nitrogens with zero attached hydrogens (tertiary/aromatic N) is 4. The molecule has 2 aliphatic heterocycles. The van der Waals surface area contributed by atoms with E-state index >= 15 is 0 Å². The zero-order valence-corrected chi connectivity index (χ0v) is 39.9. The molecular weight excluding hydrogens is 797 g/mol. The SMILES string of the molecule is CC[C@H](C)[C@@H]([C@@H](CC(=O)N1CCC[C@H]1[C@H](OC)[C@@H](C)C(=O)N[C@@H](Cc1ccccc1)C1SC=CN1C)OC)N(C)C(=O)[C@@H](NC(=O)[C@H](C(C)C)N(C)CCOCCO)C(C)C. The van der Waals surface area contributed by atoms with Gasteiger partial charge in [-0.05, 0) is 55.0 Å². The number of carbonyl (C=O) groups is 4. The predicted octanol–water partition coefficient (Wildman–Crippen LogP) is 4.22. The molecule has 1 fully saturated rings. The summed E-state index contributed by atoms with van der Waals surface area (Å²) in [6.07, 6.45) is 3.76. The van der Waals surface area contributed by atoms with E-state index in [0.717, 1.165) is 18.4 Å². The zero-order valence-electron chi connectivity index (χ0n) is 39.0. The monoisotopic (exact) mass is 875 g/mol. The number of hydrogen-bond donors (Lipinski definition) is 3. The van der Waals surface area contributed by atoms with Crippen LogP contribution >= 0.6 is 11.8 Å². The first-order valence-corrected chi connectivity index (χ1v) is 23.2. The Kier molecular flexibility index (Phi) is 22.0. The van der Waals surface area contributed by atoms with Crippen LogP contribution in [0.4, 0.5) is 0 Å². The molecule has 1 aromatic carbocycles. The Morgan fingerprint density at radius 3 is 2.20 bits per heavy atom. The average Bonchev–Trinajstić information content (AvgIpc) is 3.90. The molecule has 1 aromatic rings. The third kappa shape index (κ3) is 14.4. The van der Waals surface area contributed by atoms with Crippen LogP contribution in [0.15, 0.2) is 41.9 Å². The predicted molar refractivity (Wildman–Crippen MR) is 242 cm³/mol. The van der Waals surface area contributed by atoms with Crippen LogP contribution in [0.3, 0.4) is 0 Å². The molecule has 0 aromatic heterocycles. The maximum Gasteiger partial charge on any atom is 0.245 e. The minimum absolute atomic E-state index is 0.0330. The molecule has 3 N–H and O–H groups in total. The third-order valence-corrected chi connectivity index (χ3v) is 13.8. The zero-order chi connectivity index (χ0) is 45.4. The topological polar surface area (TPSA) is 153 Å². The fourth-order valence-corrected chi connectivity index (χ4v) is 10.0. The van der Waals surface area contributed by atoms with Gasteiger partial charge in [0.25, 0.3) is 0 Å². The molecule has 1 unspecified atom stereocenters. The first kappa shape index (κ1) is 52.1. The van der Waals surface area contributed by atoms with Crippen molar-refractivity contribution < 1.29 is 38.5 Å². The lowest BCUT2D eigenvalue weighted by atomic mass is 9.89. The number of likely N-dealkylation sites (tertiary alicyclic amines) is 1. The summed E-state index contributed by atoms with van der Waals surface area (Å²) in [6.45, 7) is 15.3. The molecule has 3 rings (SSSR count). The van der Waals surface area contributed by atoms with Gasteiger partial charge in [-0.15, -0.1) is 11.8 Å². The Balaban J connectivity index is 1.78. The number of nitrogens with one attached hydrogen (secondary N) is 2. The van der Waals surface area contributed by atoms with Gasteiger partial charge in [0, 0.05) is 47.6 Å². The highest BCUT2D eigenvalue weighted by atomic mass is 32.2. The van der Waals surface area contributed by atoms with E-state index in [1.54, 1.807) is 37.9 Å². The van der Waals surface area contributed by atoms with E-state index < -0.39 is 36.3 Å². The van der Waals surface area contributed by atoms with Crippen molar-refractivity contribution in [2.45, 2.75) is 128 Å². The van der Waals surface area contributed by atoms with Crippen molar-refractivity contribution in [1.29, 1.82) is 0 Å². The lowest BCUT2D eigenvalue weighted by molar-refractivity contribution is -0.148. The van der Waals surface area contributed by atoms with Gasteiger partial charge in [0.2, 0.25) is 23.6 Å². The van der Waals surface area contributed by atoms with E-state index in [4.69, 9.17) is 19.3 Å². The number of benzene rings is 1. The summed E-state index contributed by atoms with van der Waals surface area (Å²) in [6, 6.07) is 7.89. The van der Waals surface area contributed by atoms with Crippen LogP contribution in [0.2, 0.25) is 0 Å². The van der Waals surface area contributed by atoms with Crippen molar-refractivity contribution in [3.8, 4) is 0 Å². The van der Waals surface area contributed by atoms with Crippen molar-refractivity contribution in [3.63, 3.8) is 0 Å². The third-order valence-electron chi connectivity index (χ3n) is 12.6. The Bertz CT molecular complexity index is 1540. The largest absolute Gasteiger partial charge is 0.394 e. The molecule has 4 amide bonds. The number of carbonyl (C=O) groups excluding carboxylic acids is 4. The Morgan fingerprint density at radius 2 is 1.64 bits per heavy atom. The van der Waals surface area contributed by atoms with Crippen LogP contribution in [0.5, 0.6) is 0 Å². The Hall–Kier alpha value is -3.21. The highest BCUT2D eigenvalue weighted by Crippen LogP contribution is 2.31. The molecule has 0 radical (unpaired) electrons. The second-order valence-corrected chi connectivity index (χ2v) is 18.6. The maximum atomic E-state index is 14.5. The van der Waals surface area contributed by atoms with Crippen molar-refractivity contribution in [3.05, 3.63) is 47.5 Å². The molecule has 1 saturated heterocycles. The molecule has 14 nitrogen and oxygen atoms in total. The number of thioether (sulfide) groups is 1. The van der Waals surface area contributed by atoms with Crippen LogP contribution < -0.4 is 10.6 Å². The lowest BCUT2D eigenvalue weighted by Crippen LogP contribution is -2.60. The summed E-state index contributed by atoms with van der Waals surface area (Å²) >= 11 is 1.68. The standard InChI is InChI=1S/C46H78N6O8S/c1-13-32(6)41(51(10)45(57)39(30(2)3)48-44(56)40(31(4)5)49(8)22-25-60-26-24-53)37(58-11)29-38(54)52-21-17-20-36(52)42(59-12)33(7)43(55)47-35(46-50(9)23-27-61-46)28-34-18-15-14-16-19-34/h14-16,18-19,23,27,30-33,35-37,39-42,46,53H,13,17,20-22,24-26,28-29H2,1-12H3,(H,47,55)(H,48,56)/t32-,33+,35-,36-,37+,39-,40-,41-,42+,46?/m0/s1. The number of amides is 4. The van der Waals surface area contributed by atoms with Gasteiger partial charge in [-0.3, -0.25) is 24.1 Å². The Morgan fingerprint density at radius 1 is 0.951 bits per heavy atom. The first-order chi connectivity index (χ1) is 29.0. The van der Waals surface area contributed by atoms with Crippen LogP contribution in [-0.4, -0.2) is 164 Å². The number of hydrogen-bond acceptors (Lipinski definition) is 11. The summed E-state index contributed by atoms with van der Waals surface area (Å²) in [7, 11) is 8.80. The van der Waals surface area contributed by atoms with Gasteiger partial charge in [-0.2, -0.15) is 0 Å². The molecule has 10 atom stereocenters. The number of rotatable bonds is 26. The van der Waals surface area contributed by atoms with Crippen LogP contribution in [0.25, 0.3) is 0 Å². The fraction of sp³-hybridized carbons (Fsp3) is 0.739. The van der Waals surface area contributed by atoms with E-state index in [2.05, 4.69) is 46.9 Å². The normalized spacial score (nSPS) is 20.7. The van der Waals surface area contributed by atoms with Gasteiger partial charge in [0.15, 0.2) is 0 Å². The number of likely N-dealkylation sites (N-methyl/N-ethyl adjacent to an activating group) is 3. The van der Waals surface area contributed by atoms with Crippen molar-refractivity contribution in [1.82, 2.24) is 30.2 Å². The lowest BCUT2D eigenvalue weighted by Gasteiger charge is -2.41. The number of ether oxygens (including phenoxy) is 3. The molecule has 346 valence electrons. The van der Waals surface area contributed by atoms with Crippen LogP contribution in [-0.2, 0) is 39.8 Å². The second-order valence-electron chi connectivity index (χ2n) is 17.6. The van der Waals surface area contributed by atoms with E-state index in [-0.39, 0.29) is 78.5 Å². The quantitative estimate of drug-likeness (QED) is 0.115. The van der Waals surface area contributed by atoms with Gasteiger partial charge in [-0.25, -0.2) is 0 Å². The van der Waals surface area contributed by atoms with Gasteiger partial charge >= 0.3 is 0 Å². The minimum Gasteiger partial charge on any atom is -0.394 e. The maximum absolute atomic E-state index is 14.5. The average molecular weight is 875 g/mol. The molecule has 0 bridgehead atoms. The molecule has 2 heterocycles. The number of aliphatic hydroxyl groups excluding tert-OH is 1. The highest BCUT2D eigenvalue weighted by molar-refractivity contribution is 8.02. The fourth-order valence-electron chi connectivity index (χ4n) is 8.98. The van der Waals surface area contributed by atoms with Crippen molar-refractivity contribution in [2.24, 2.45) is 23.7 Å². The van der Waals surface area contributed by atoms with Crippen LogP contribution in [0, 0.1) is 23.7 Å². The smallest absolute Gasteiger partial charge is 0.245 e. The van der Waals surface area contributed by atoms with E-state index in [9.17, 15) is 19.2 Å². The summed E-state index contributed by atoms with van der Waals surface area (Å²) in [5, 5.41) is 17.6. The van der Waals surface area contributed by atoms with E-state index in [1.807, 2.05) is 82.9 Å². The second kappa shape index (κ2) is 25.8. The molecule has 0 aliphatic carbocycles. The van der Waals surface area contributed by atoms with Crippen molar-refractivity contribution >= 4 is 35.4 Å². The van der Waals surface area contributed by atoms with Gasteiger partial charge in [-0.1, -0.05) is 85.2 Å². The summed E-state index contributed by atoms with van der Waals surface area (Å²) < 4.78 is 17.6. The summed E-state index contributed by atoms with van der Waals surface area (Å²) in [5.41, 5.74) is 1.14. The molecule has 15 heteroatoms. The molecular formula is C46H78N6O8S. The molecule has 0 saturated carbocycles. The van der Waals surface area contributed by atoms with Gasteiger partial charge < -0.3 is 44.7 Å². The first-order valence-electron chi connectivity index (χ1n) is 22.2. The number of methoxy groups -OCH3 is 2. The van der Waals surface area contributed by atoms with Gasteiger partial charge in [0.05, 0.1) is 73.9 Å². The summed E-state index contributed by atoms with van der Waals surface area (Å²) in [5.74, 6) is -1.58. The van der Waals surface area contributed by atoms with E-state index in [1.165, 1.54) is 0 Å². The highest BCUT2D eigenvalue weighted by Gasteiger charge is 2.44. The molecule has 0 spiro atoms. The van der Waals surface area contributed by atoms with E-state index in [0.29, 0.717) is 32.5 Å².